The van der Waals surface area contributed by atoms with Crippen molar-refractivity contribution in [3.63, 3.8) is 0 Å². The van der Waals surface area contributed by atoms with Crippen LogP contribution in [-0.4, -0.2) is 52.4 Å². The largest absolute Gasteiger partial charge is 0.491 e. The highest BCUT2D eigenvalue weighted by atomic mass is 19.1. The first-order valence-electron chi connectivity index (χ1n) is 7.67. The number of piperidine rings is 1. The molecule has 0 saturated carbocycles. The smallest absolute Gasteiger partial charge is 0.171 e. The number of halogens is 1. The first-order valence-corrected chi connectivity index (χ1v) is 7.67. The Balaban J connectivity index is 1.60. The van der Waals surface area contributed by atoms with Gasteiger partial charge in [0.1, 0.15) is 18.2 Å². The monoisotopic (exact) mass is 311 g/mol. The Morgan fingerprint density at radius 3 is 2.55 bits per heavy atom. The second-order valence-electron chi connectivity index (χ2n) is 5.55. The molecule has 122 valence electrons. The molecule has 2 aliphatic rings. The van der Waals surface area contributed by atoms with Gasteiger partial charge >= 0.3 is 0 Å². The molecule has 0 amide bonds. The summed E-state index contributed by atoms with van der Waals surface area (Å²) in [6.45, 7) is 3.65. The fraction of sp³-hybridized carbons (Fsp3) is 0.625. The van der Waals surface area contributed by atoms with Crippen LogP contribution in [0, 0.1) is 5.82 Å². The number of hydrogen-bond donors (Lipinski definition) is 0. The van der Waals surface area contributed by atoms with Crippen molar-refractivity contribution in [1.29, 1.82) is 0 Å². The average molecular weight is 311 g/mol. The van der Waals surface area contributed by atoms with Crippen molar-refractivity contribution in [1.82, 2.24) is 0 Å². The van der Waals surface area contributed by atoms with Crippen molar-refractivity contribution in [2.24, 2.45) is 0 Å². The van der Waals surface area contributed by atoms with E-state index in [1.165, 1.54) is 6.07 Å². The van der Waals surface area contributed by atoms with Gasteiger partial charge in [0.25, 0.3) is 0 Å². The van der Waals surface area contributed by atoms with Gasteiger partial charge in [0, 0.05) is 39.1 Å². The van der Waals surface area contributed by atoms with Gasteiger partial charge in [-0.3, -0.25) is 0 Å². The number of anilines is 1. The molecule has 2 heterocycles. The van der Waals surface area contributed by atoms with E-state index in [0.717, 1.165) is 25.9 Å². The second-order valence-corrected chi connectivity index (χ2v) is 5.55. The molecule has 3 rings (SSSR count). The van der Waals surface area contributed by atoms with Crippen LogP contribution < -0.4 is 9.64 Å². The van der Waals surface area contributed by atoms with Crippen LogP contribution in [0.5, 0.6) is 5.75 Å². The normalized spacial score (nSPS) is 20.5. The van der Waals surface area contributed by atoms with E-state index in [0.29, 0.717) is 37.9 Å². The van der Waals surface area contributed by atoms with E-state index in [9.17, 15) is 4.39 Å². The minimum absolute atomic E-state index is 0.265. The maximum Gasteiger partial charge on any atom is 0.171 e. The number of benzene rings is 1. The predicted molar refractivity (Wildman–Crippen MR) is 79.9 cm³/mol. The molecular formula is C16H22FNO4. The van der Waals surface area contributed by atoms with Crippen LogP contribution >= 0.6 is 0 Å². The third-order valence-electron chi connectivity index (χ3n) is 4.15. The van der Waals surface area contributed by atoms with E-state index in [2.05, 4.69) is 0 Å². The van der Waals surface area contributed by atoms with Crippen LogP contribution in [0.4, 0.5) is 10.1 Å². The number of ether oxygens (including phenoxy) is 4. The molecule has 0 atom stereocenters. The van der Waals surface area contributed by atoms with Gasteiger partial charge in [-0.05, 0) is 12.1 Å². The zero-order valence-electron chi connectivity index (χ0n) is 12.8. The highest BCUT2D eigenvalue weighted by Gasteiger charge is 2.40. The number of nitrogens with zero attached hydrogens (tertiary/aromatic N) is 1. The molecule has 2 aliphatic heterocycles. The van der Waals surface area contributed by atoms with Gasteiger partial charge < -0.3 is 23.8 Å². The van der Waals surface area contributed by atoms with Crippen molar-refractivity contribution in [3.05, 3.63) is 24.0 Å². The van der Waals surface area contributed by atoms with E-state index in [4.69, 9.17) is 18.9 Å². The minimum atomic E-state index is -0.434. The molecule has 1 aromatic carbocycles. The molecule has 2 fully saturated rings. The molecule has 0 N–H and O–H groups in total. The summed E-state index contributed by atoms with van der Waals surface area (Å²) in [5.74, 6) is -0.177. The van der Waals surface area contributed by atoms with E-state index in [1.807, 2.05) is 4.90 Å². The number of rotatable bonds is 5. The average Bonchev–Trinajstić information content (AvgIpc) is 2.97. The molecular weight excluding hydrogens is 289 g/mol. The molecule has 6 heteroatoms. The lowest BCUT2D eigenvalue weighted by Gasteiger charge is -2.38. The first-order chi connectivity index (χ1) is 10.7. The Hall–Kier alpha value is -1.37. The standard InChI is InChI=1S/C16H22FNO4/c1-19-8-9-20-13-2-3-15(14(17)12-13)18-6-4-16(5-7-18)21-10-11-22-16/h2-3,12H,4-11H2,1H3. The lowest BCUT2D eigenvalue weighted by atomic mass is 10.0. The highest BCUT2D eigenvalue weighted by Crippen LogP contribution is 2.34. The number of methoxy groups -OCH3 is 1. The first kappa shape index (κ1) is 15.5. The fourth-order valence-corrected chi connectivity index (χ4v) is 2.95. The maximum atomic E-state index is 14.3. The summed E-state index contributed by atoms with van der Waals surface area (Å²) in [6.07, 6.45) is 1.52. The minimum Gasteiger partial charge on any atom is -0.491 e. The van der Waals surface area contributed by atoms with Crippen molar-refractivity contribution < 1.29 is 23.3 Å². The van der Waals surface area contributed by atoms with Crippen LogP contribution in [0.3, 0.4) is 0 Å². The molecule has 1 spiro atoms. The molecule has 0 aromatic heterocycles. The summed E-state index contributed by atoms with van der Waals surface area (Å²) in [7, 11) is 1.61. The Bertz CT molecular complexity index is 495. The number of hydrogen-bond acceptors (Lipinski definition) is 5. The fourth-order valence-electron chi connectivity index (χ4n) is 2.95. The zero-order chi connectivity index (χ0) is 15.4. The van der Waals surface area contributed by atoms with Crippen LogP contribution in [0.15, 0.2) is 18.2 Å². The van der Waals surface area contributed by atoms with E-state index in [-0.39, 0.29) is 5.82 Å². The van der Waals surface area contributed by atoms with Crippen LogP contribution in [0.2, 0.25) is 0 Å². The van der Waals surface area contributed by atoms with Gasteiger partial charge in [0.2, 0.25) is 0 Å². The lowest BCUT2D eigenvalue weighted by molar-refractivity contribution is -0.169. The molecule has 5 nitrogen and oxygen atoms in total. The summed E-state index contributed by atoms with van der Waals surface area (Å²) in [5.41, 5.74) is 0.604. The van der Waals surface area contributed by atoms with Gasteiger partial charge in [0.05, 0.1) is 25.5 Å². The predicted octanol–water partition coefficient (Wildman–Crippen LogP) is 2.19. The zero-order valence-corrected chi connectivity index (χ0v) is 12.8. The third-order valence-corrected chi connectivity index (χ3v) is 4.15. The second kappa shape index (κ2) is 6.81. The molecule has 2 saturated heterocycles. The highest BCUT2D eigenvalue weighted by molar-refractivity contribution is 5.51. The summed E-state index contributed by atoms with van der Waals surface area (Å²) >= 11 is 0. The van der Waals surface area contributed by atoms with Gasteiger partial charge in [-0.1, -0.05) is 0 Å². The SMILES string of the molecule is COCCOc1ccc(N2CCC3(CC2)OCCO3)c(F)c1. The molecule has 1 aromatic rings. The van der Waals surface area contributed by atoms with E-state index < -0.39 is 5.79 Å². The lowest BCUT2D eigenvalue weighted by Crippen LogP contribution is -2.45. The van der Waals surface area contributed by atoms with E-state index >= 15 is 0 Å². The summed E-state index contributed by atoms with van der Waals surface area (Å²) in [5, 5.41) is 0. The molecule has 0 unspecified atom stereocenters. The van der Waals surface area contributed by atoms with E-state index in [1.54, 1.807) is 19.2 Å². The van der Waals surface area contributed by atoms with Gasteiger partial charge in [-0.15, -0.1) is 0 Å². The van der Waals surface area contributed by atoms with Gasteiger partial charge in [0.15, 0.2) is 5.79 Å². The molecule has 0 bridgehead atoms. The molecule has 22 heavy (non-hydrogen) atoms. The summed E-state index contributed by atoms with van der Waals surface area (Å²) in [6, 6.07) is 4.99. The summed E-state index contributed by atoms with van der Waals surface area (Å²) < 4.78 is 36.0. The maximum absolute atomic E-state index is 14.3. The summed E-state index contributed by atoms with van der Waals surface area (Å²) in [4.78, 5) is 2.03. The van der Waals surface area contributed by atoms with Gasteiger partial charge in [-0.2, -0.15) is 0 Å². The Morgan fingerprint density at radius 2 is 1.91 bits per heavy atom. The molecule has 0 aliphatic carbocycles. The van der Waals surface area contributed by atoms with Crippen LogP contribution in [-0.2, 0) is 14.2 Å². The van der Waals surface area contributed by atoms with Crippen molar-refractivity contribution in [2.45, 2.75) is 18.6 Å². The Labute approximate surface area is 129 Å². The Morgan fingerprint density at radius 1 is 1.18 bits per heavy atom. The van der Waals surface area contributed by atoms with Crippen LogP contribution in [0.1, 0.15) is 12.8 Å². The Kier molecular flexibility index (Phi) is 4.81. The molecule has 0 radical (unpaired) electrons. The van der Waals surface area contributed by atoms with Crippen molar-refractivity contribution in [2.75, 3.05) is 51.5 Å². The van der Waals surface area contributed by atoms with Crippen LogP contribution in [0.25, 0.3) is 0 Å². The van der Waals surface area contributed by atoms with Gasteiger partial charge in [-0.25, -0.2) is 4.39 Å². The van der Waals surface area contributed by atoms with Crippen molar-refractivity contribution in [3.8, 4) is 5.75 Å². The van der Waals surface area contributed by atoms with Crippen molar-refractivity contribution >= 4 is 5.69 Å². The third kappa shape index (κ3) is 3.34. The topological polar surface area (TPSA) is 40.2 Å². The quantitative estimate of drug-likeness (QED) is 0.780.